The van der Waals surface area contributed by atoms with Gasteiger partial charge < -0.3 is 58.0 Å². The van der Waals surface area contributed by atoms with Crippen molar-refractivity contribution in [2.45, 2.75) is 165 Å². The van der Waals surface area contributed by atoms with Crippen LogP contribution in [0.1, 0.15) is 85.5 Å². The van der Waals surface area contributed by atoms with Crippen molar-refractivity contribution in [2.24, 2.45) is 35.5 Å². The number of ketones is 1. The Balaban J connectivity index is 1.11. The molecule has 67 heavy (non-hydrogen) atoms. The molecule has 6 aliphatic rings. The van der Waals surface area contributed by atoms with Crippen molar-refractivity contribution < 1.29 is 57.3 Å². The molecular weight excluding hydrogens is 857 g/mol. The van der Waals surface area contributed by atoms with Crippen molar-refractivity contribution in [3.8, 4) is 11.5 Å². The zero-order valence-electron chi connectivity index (χ0n) is 41.0. The van der Waals surface area contributed by atoms with Crippen molar-refractivity contribution in [1.82, 2.24) is 4.90 Å². The van der Waals surface area contributed by atoms with Crippen molar-refractivity contribution >= 4 is 17.4 Å². The summed E-state index contributed by atoms with van der Waals surface area (Å²) >= 11 is 0. The molecule has 0 radical (unpaired) electrons. The van der Waals surface area contributed by atoms with E-state index in [2.05, 4.69) is 37.3 Å². The zero-order chi connectivity index (χ0) is 47.5. The highest BCUT2D eigenvalue weighted by Gasteiger charge is 2.60. The molecular formula is C53H76N2O12. The third-order valence-corrected chi connectivity index (χ3v) is 16.1. The van der Waals surface area contributed by atoms with Gasteiger partial charge in [0.05, 0.1) is 43.0 Å². The summed E-state index contributed by atoms with van der Waals surface area (Å²) in [7, 11) is 9.05. The highest BCUT2D eigenvalue weighted by atomic mass is 16.7. The van der Waals surface area contributed by atoms with Crippen LogP contribution in [0.3, 0.4) is 0 Å². The molecule has 8 rings (SSSR count). The van der Waals surface area contributed by atoms with Gasteiger partial charge in [-0.25, -0.2) is 0 Å². The van der Waals surface area contributed by atoms with E-state index < -0.39 is 54.9 Å². The predicted octanol–water partition coefficient (Wildman–Crippen LogP) is 7.57. The van der Waals surface area contributed by atoms with Crippen LogP contribution in [-0.4, -0.2) is 137 Å². The number of esters is 1. The van der Waals surface area contributed by atoms with E-state index in [1.807, 2.05) is 75.4 Å². The molecule has 370 valence electrons. The lowest BCUT2D eigenvalue weighted by molar-refractivity contribution is -0.314. The summed E-state index contributed by atoms with van der Waals surface area (Å²) in [6, 6.07) is 17.1. The molecule has 0 aromatic heterocycles. The summed E-state index contributed by atoms with van der Waals surface area (Å²) in [5.74, 6) is -0.671. The third kappa shape index (κ3) is 10.8. The largest absolute Gasteiger partial charge is 0.462 e. The fraction of sp³-hybridized carbons (Fsp3) is 0.698. The highest BCUT2D eigenvalue weighted by molar-refractivity contribution is 5.99. The van der Waals surface area contributed by atoms with Crippen LogP contribution in [0.25, 0.3) is 0 Å². The Labute approximate surface area is 397 Å². The first-order valence-corrected chi connectivity index (χ1v) is 24.9. The van der Waals surface area contributed by atoms with Crippen LogP contribution in [0.2, 0.25) is 0 Å². The summed E-state index contributed by atoms with van der Waals surface area (Å²) in [5.41, 5.74) is 1.42. The van der Waals surface area contributed by atoms with Crippen molar-refractivity contribution in [2.75, 3.05) is 40.7 Å². The molecule has 0 spiro atoms. The third-order valence-electron chi connectivity index (χ3n) is 16.1. The number of anilines is 1. The van der Waals surface area contributed by atoms with Gasteiger partial charge in [0, 0.05) is 44.9 Å². The Bertz CT molecular complexity index is 1970. The van der Waals surface area contributed by atoms with E-state index in [1.165, 1.54) is 0 Å². The number of nitrogens with one attached hydrogen (secondary N) is 1. The number of methoxy groups -OCH3 is 3. The number of aliphatic hydroxyl groups excluding tert-OH is 1. The number of likely N-dealkylation sites (N-methyl/N-ethyl adjacent to an activating group) is 1. The topological polar surface area (TPSA) is 153 Å². The highest BCUT2D eigenvalue weighted by Crippen LogP contribution is 2.57. The Hall–Kier alpha value is -3.44. The van der Waals surface area contributed by atoms with Gasteiger partial charge in [0.25, 0.3) is 0 Å². The Morgan fingerprint density at radius 2 is 1.49 bits per heavy atom. The number of ether oxygens (including phenoxy) is 9. The average molecular weight is 933 g/mol. The first-order chi connectivity index (χ1) is 32.3. The van der Waals surface area contributed by atoms with E-state index in [0.29, 0.717) is 43.4 Å². The number of benzene rings is 2. The smallest absolute Gasteiger partial charge is 0.306 e. The van der Waals surface area contributed by atoms with Gasteiger partial charge in [-0.05, 0) is 145 Å². The number of Topliss-reactive ketones (excluding diaryl/α,β-unsaturated/α-hetero) is 1. The predicted molar refractivity (Wildman–Crippen MR) is 251 cm³/mol. The minimum absolute atomic E-state index is 0.0207. The van der Waals surface area contributed by atoms with Gasteiger partial charge >= 0.3 is 5.97 Å². The molecule has 3 aliphatic heterocycles. The number of carbonyl (C=O) groups is 2. The van der Waals surface area contributed by atoms with Crippen LogP contribution in [-0.2, 0) is 47.5 Å². The number of para-hydroxylation sites is 1. The van der Waals surface area contributed by atoms with E-state index in [1.54, 1.807) is 21.3 Å². The van der Waals surface area contributed by atoms with Gasteiger partial charge in [0.15, 0.2) is 18.4 Å². The second kappa shape index (κ2) is 22.1. The molecule has 14 nitrogen and oxygen atoms in total. The maximum absolute atomic E-state index is 15.3. The molecule has 5 fully saturated rings. The van der Waals surface area contributed by atoms with Crippen molar-refractivity contribution in [3.63, 3.8) is 0 Å². The number of nitrogens with zero attached hydrogens (tertiary/aromatic N) is 1. The van der Waals surface area contributed by atoms with E-state index in [4.69, 9.17) is 42.6 Å². The summed E-state index contributed by atoms with van der Waals surface area (Å²) in [4.78, 5) is 31.7. The van der Waals surface area contributed by atoms with Crippen LogP contribution in [0.5, 0.6) is 11.5 Å². The standard InChI is InChI=1S/C53H76N2O12/c1-10-33-17-14-18-43(67-45-24-23-42(55(5)6)30(3)62-45)29(2)48(57)41-27-38-37-25-36(66-53-52(61-9)51(60-8)50(59-7)31(4)63-53)26-40(37)49(58)47(46(38)39(41)28-44(56)65-33)54-32-19-21-35(22-20-32)64-34-15-12-11-13-16-34/h11-13,15-16,19-22,27,29-31,33,36-40,42-43,45-47,49-54,58H,10,14,17-18,23-26,28H2,1-9H3/t29-,30?,31?,33+,36+,37+,38+,39-,40-,42+,43+,45?,46-,47-,49-,50+,51?,52?,53+/m1/s1. The molecule has 3 saturated heterocycles. The Morgan fingerprint density at radius 3 is 2.16 bits per heavy atom. The molecule has 2 N–H and O–H groups in total. The number of allylic oxidation sites excluding steroid dienone is 2. The van der Waals surface area contributed by atoms with Gasteiger partial charge in [-0.1, -0.05) is 38.1 Å². The number of fused-ring (bicyclic) bond motifs is 5. The van der Waals surface area contributed by atoms with Gasteiger partial charge in [-0.3, -0.25) is 9.59 Å². The fourth-order valence-electron chi connectivity index (χ4n) is 12.6. The lowest BCUT2D eigenvalue weighted by atomic mass is 9.62. The Kier molecular flexibility index (Phi) is 16.5. The molecule has 5 unspecified atom stereocenters. The monoisotopic (exact) mass is 933 g/mol. The number of cyclic esters (lactones) is 1. The number of rotatable bonds is 13. The SMILES string of the molecule is CC[C@H]1CCC[C@H](OC2CC[C@H](N(C)C)C(C)O2)[C@@H](C)C(=O)C2=C[C@H]3[C@@H]4C[C@H](O[C@@H]5OC(C)[C@H](OC)C(OC)C5OC)C[C@H]4[C@@H](O)[C@H](Nc4ccc(Oc5ccccc5)cc4)[C@H]3[C@@H]2CC(=O)O1. The van der Waals surface area contributed by atoms with Gasteiger partial charge in [0.2, 0.25) is 0 Å². The molecule has 0 bridgehead atoms. The summed E-state index contributed by atoms with van der Waals surface area (Å²) in [5, 5.41) is 16.5. The molecule has 2 aromatic rings. The van der Waals surface area contributed by atoms with Crippen molar-refractivity contribution in [1.29, 1.82) is 0 Å². The van der Waals surface area contributed by atoms with E-state index in [0.717, 1.165) is 30.7 Å². The molecule has 0 amide bonds. The second-order valence-electron chi connectivity index (χ2n) is 20.2. The van der Waals surface area contributed by atoms with Gasteiger partial charge in [0.1, 0.15) is 35.9 Å². The number of aliphatic hydroxyl groups is 1. The number of hydrogen-bond donors (Lipinski definition) is 2. The van der Waals surface area contributed by atoms with Crippen LogP contribution in [0.4, 0.5) is 5.69 Å². The molecule has 2 saturated carbocycles. The first-order valence-electron chi connectivity index (χ1n) is 24.9. The minimum atomic E-state index is -0.845. The molecule has 14 heteroatoms. The normalized spacial score (nSPS) is 40.4. The summed E-state index contributed by atoms with van der Waals surface area (Å²) in [6.07, 6.45) is 3.16. The summed E-state index contributed by atoms with van der Waals surface area (Å²) < 4.78 is 56.5. The van der Waals surface area contributed by atoms with E-state index >= 15 is 4.79 Å². The van der Waals surface area contributed by atoms with Crippen LogP contribution >= 0.6 is 0 Å². The van der Waals surface area contributed by atoms with Crippen LogP contribution in [0.15, 0.2) is 66.2 Å². The maximum atomic E-state index is 15.3. The molecule has 19 atom stereocenters. The van der Waals surface area contributed by atoms with Gasteiger partial charge in [-0.15, -0.1) is 0 Å². The number of hydrogen-bond acceptors (Lipinski definition) is 14. The lowest BCUT2D eigenvalue weighted by Gasteiger charge is -2.47. The Morgan fingerprint density at radius 1 is 0.791 bits per heavy atom. The summed E-state index contributed by atoms with van der Waals surface area (Å²) in [6.45, 7) is 8.06. The number of carbonyl (C=O) groups excluding carboxylic acids is 2. The first kappa shape index (κ1) is 50.0. The maximum Gasteiger partial charge on any atom is 0.306 e. The van der Waals surface area contributed by atoms with E-state index in [-0.39, 0.29) is 78.4 Å². The zero-order valence-corrected chi connectivity index (χ0v) is 41.0. The molecule has 2 aromatic carbocycles. The van der Waals surface area contributed by atoms with Crippen LogP contribution < -0.4 is 10.1 Å². The minimum Gasteiger partial charge on any atom is -0.462 e. The van der Waals surface area contributed by atoms with Crippen LogP contribution in [0, 0.1) is 35.5 Å². The molecule has 3 aliphatic carbocycles. The average Bonchev–Trinajstić information content (AvgIpc) is 3.91. The fourth-order valence-corrected chi connectivity index (χ4v) is 12.6. The quantitative estimate of drug-likeness (QED) is 0.190. The van der Waals surface area contributed by atoms with Crippen molar-refractivity contribution in [3.05, 3.63) is 66.2 Å². The lowest BCUT2D eigenvalue weighted by Crippen LogP contribution is -2.59. The van der Waals surface area contributed by atoms with E-state index in [9.17, 15) is 9.90 Å². The molecule has 3 heterocycles. The second-order valence-corrected chi connectivity index (χ2v) is 20.2. The van der Waals surface area contributed by atoms with Gasteiger partial charge in [-0.2, -0.15) is 0 Å².